The number of ether oxygens (including phenoxy) is 3. The maximum absolute atomic E-state index is 14.5. The Morgan fingerprint density at radius 3 is 2.24 bits per heavy atom. The van der Waals surface area contributed by atoms with Gasteiger partial charge in [0, 0.05) is 18.8 Å². The molecule has 280 valence electrons. The average Bonchev–Trinajstić information content (AvgIpc) is 2.98. The van der Waals surface area contributed by atoms with E-state index in [2.05, 4.69) is 92.9 Å². The van der Waals surface area contributed by atoms with Gasteiger partial charge >= 0.3 is 11.9 Å². The van der Waals surface area contributed by atoms with Gasteiger partial charge in [-0.2, -0.15) is 0 Å². The molecular formula is C40H63FO7Si2. The van der Waals surface area contributed by atoms with E-state index in [0.717, 1.165) is 12.0 Å². The van der Waals surface area contributed by atoms with Crippen LogP contribution in [0.2, 0.25) is 36.3 Å². The SMILES string of the molecule is CC[C@H](Oc1ccccc1F)C(=O)OC1CC(O[Si](C)(C)C(C)(C)C)C=C2C=CC(C)C(CC[C@@H]3C[C@@H](O[Si](C)(C)C(C)(C)C)CC(=O)O3)C21. The van der Waals surface area contributed by atoms with Crippen LogP contribution in [-0.2, 0) is 27.9 Å². The molecule has 50 heavy (non-hydrogen) atoms. The van der Waals surface area contributed by atoms with E-state index in [-0.39, 0.29) is 57.9 Å². The van der Waals surface area contributed by atoms with Gasteiger partial charge in [-0.1, -0.05) is 85.8 Å². The summed E-state index contributed by atoms with van der Waals surface area (Å²) >= 11 is 0. The van der Waals surface area contributed by atoms with Crippen LogP contribution in [0.15, 0.2) is 48.1 Å². The zero-order chi connectivity index (χ0) is 37.2. The van der Waals surface area contributed by atoms with E-state index < -0.39 is 40.6 Å². The Labute approximate surface area is 303 Å². The largest absolute Gasteiger partial charge is 0.476 e. The number of esters is 2. The van der Waals surface area contributed by atoms with Crippen LogP contribution in [0.3, 0.4) is 0 Å². The quantitative estimate of drug-likeness (QED) is 0.156. The first-order valence-electron chi connectivity index (χ1n) is 18.7. The lowest BCUT2D eigenvalue weighted by molar-refractivity contribution is -0.164. The molecule has 1 heterocycles. The molecule has 1 aliphatic heterocycles. The Hall–Kier alpha value is -2.28. The van der Waals surface area contributed by atoms with Crippen LogP contribution in [0.5, 0.6) is 5.75 Å². The van der Waals surface area contributed by atoms with Gasteiger partial charge in [-0.25, -0.2) is 9.18 Å². The second-order valence-corrected chi connectivity index (χ2v) is 27.3. The number of allylic oxidation sites excluding steroid dienone is 2. The van der Waals surface area contributed by atoms with Crippen LogP contribution in [0.25, 0.3) is 0 Å². The smallest absolute Gasteiger partial charge is 0.347 e. The molecule has 0 amide bonds. The van der Waals surface area contributed by atoms with Gasteiger partial charge in [-0.15, -0.1) is 0 Å². The van der Waals surface area contributed by atoms with Crippen molar-refractivity contribution in [2.24, 2.45) is 17.8 Å². The minimum atomic E-state index is -2.15. The molecule has 1 saturated heterocycles. The standard InChI is InChI=1S/C40H63FO7Si2/c1-13-33(45-34-17-15-14-16-32(34)41)38(43)46-35-24-29(47-49(9,10)39(3,4)5)22-27-19-18-26(2)31(37(27)35)21-20-28-23-30(25-36(42)44-28)48-50(11,12)40(6,7)8/h14-19,22,26,28-31,33,35,37H,13,20-21,23-25H2,1-12H3/t26?,28-,29?,30-,31?,33+,35?,37?/m1/s1. The average molecular weight is 731 g/mol. The third kappa shape index (κ3) is 9.78. The lowest BCUT2D eigenvalue weighted by atomic mass is 9.66. The summed E-state index contributed by atoms with van der Waals surface area (Å²) in [5, 5.41) is 0.0611. The molecule has 0 spiro atoms. The van der Waals surface area contributed by atoms with E-state index in [4.69, 9.17) is 23.1 Å². The molecule has 0 saturated carbocycles. The predicted octanol–water partition coefficient (Wildman–Crippen LogP) is 9.93. The maximum Gasteiger partial charge on any atom is 0.347 e. The highest BCUT2D eigenvalue weighted by molar-refractivity contribution is 6.74. The van der Waals surface area contributed by atoms with Gasteiger partial charge in [0.1, 0.15) is 12.2 Å². The fraction of sp³-hybridized carbons (Fsp3) is 0.700. The summed E-state index contributed by atoms with van der Waals surface area (Å²) in [5.41, 5.74) is 1.11. The van der Waals surface area contributed by atoms with Gasteiger partial charge in [0.2, 0.25) is 0 Å². The number of hydrogen-bond acceptors (Lipinski definition) is 7. The minimum Gasteiger partial charge on any atom is -0.476 e. The third-order valence-electron chi connectivity index (χ3n) is 11.9. The van der Waals surface area contributed by atoms with Crippen molar-refractivity contribution in [1.29, 1.82) is 0 Å². The first-order valence-corrected chi connectivity index (χ1v) is 24.5. The fourth-order valence-electron chi connectivity index (χ4n) is 6.91. The van der Waals surface area contributed by atoms with E-state index in [1.165, 1.54) is 12.1 Å². The maximum atomic E-state index is 14.5. The molecule has 8 atom stereocenters. The molecular weight excluding hydrogens is 668 g/mol. The molecule has 2 aliphatic carbocycles. The molecule has 0 N–H and O–H groups in total. The highest BCUT2D eigenvalue weighted by Gasteiger charge is 2.47. The number of para-hydroxylation sites is 1. The van der Waals surface area contributed by atoms with Crippen molar-refractivity contribution in [1.82, 2.24) is 0 Å². The summed E-state index contributed by atoms with van der Waals surface area (Å²) in [6.07, 6.45) is 8.01. The van der Waals surface area contributed by atoms with E-state index >= 15 is 0 Å². The van der Waals surface area contributed by atoms with Crippen molar-refractivity contribution < 1.29 is 37.0 Å². The van der Waals surface area contributed by atoms with Crippen LogP contribution in [0.4, 0.5) is 4.39 Å². The van der Waals surface area contributed by atoms with Crippen molar-refractivity contribution in [2.75, 3.05) is 0 Å². The van der Waals surface area contributed by atoms with Crippen LogP contribution in [-0.4, -0.2) is 59.1 Å². The number of cyclic esters (lactones) is 1. The van der Waals surface area contributed by atoms with Crippen molar-refractivity contribution in [2.45, 2.75) is 161 Å². The van der Waals surface area contributed by atoms with E-state index in [1.54, 1.807) is 12.1 Å². The first-order chi connectivity index (χ1) is 23.1. The Balaban J connectivity index is 1.57. The summed E-state index contributed by atoms with van der Waals surface area (Å²) < 4.78 is 46.3. The minimum absolute atomic E-state index is 0.0124. The monoisotopic (exact) mass is 730 g/mol. The van der Waals surface area contributed by atoms with Gasteiger partial charge in [-0.05, 0) is 85.1 Å². The number of benzene rings is 1. The summed E-state index contributed by atoms with van der Waals surface area (Å²) in [7, 11) is -4.20. The molecule has 5 unspecified atom stereocenters. The number of carbonyl (C=O) groups is 2. The fourth-order valence-corrected chi connectivity index (χ4v) is 9.55. The van der Waals surface area contributed by atoms with Crippen molar-refractivity contribution in [3.05, 3.63) is 53.9 Å². The second-order valence-electron chi connectivity index (χ2n) is 17.8. The van der Waals surface area contributed by atoms with E-state index in [0.29, 0.717) is 32.1 Å². The van der Waals surface area contributed by atoms with Crippen molar-refractivity contribution >= 4 is 28.6 Å². The Kier molecular flexibility index (Phi) is 12.8. The van der Waals surface area contributed by atoms with Gasteiger partial charge in [0.05, 0.1) is 18.6 Å². The predicted molar refractivity (Wildman–Crippen MR) is 201 cm³/mol. The highest BCUT2D eigenvalue weighted by atomic mass is 28.4. The molecule has 1 aromatic rings. The number of hydrogen-bond donors (Lipinski definition) is 0. The topological polar surface area (TPSA) is 80.3 Å². The van der Waals surface area contributed by atoms with Crippen LogP contribution >= 0.6 is 0 Å². The zero-order valence-corrected chi connectivity index (χ0v) is 34.6. The van der Waals surface area contributed by atoms with Gasteiger partial charge < -0.3 is 23.1 Å². The number of rotatable bonds is 12. The number of carbonyl (C=O) groups excluding carboxylic acids is 2. The van der Waals surface area contributed by atoms with Gasteiger partial charge in [0.15, 0.2) is 34.3 Å². The molecule has 0 bridgehead atoms. The van der Waals surface area contributed by atoms with Crippen LogP contribution < -0.4 is 4.74 Å². The van der Waals surface area contributed by atoms with Gasteiger partial charge in [0.25, 0.3) is 0 Å². The highest BCUT2D eigenvalue weighted by Crippen LogP contribution is 2.47. The summed E-state index contributed by atoms with van der Waals surface area (Å²) in [6.45, 7) is 26.3. The Morgan fingerprint density at radius 1 is 0.980 bits per heavy atom. The summed E-state index contributed by atoms with van der Waals surface area (Å²) in [5.74, 6) is -0.890. The lowest BCUT2D eigenvalue weighted by Crippen LogP contribution is -2.49. The first kappa shape index (κ1) is 40.5. The van der Waals surface area contributed by atoms with Gasteiger partial charge in [-0.3, -0.25) is 4.79 Å². The van der Waals surface area contributed by atoms with Crippen LogP contribution in [0.1, 0.15) is 93.9 Å². The molecule has 3 aliphatic rings. The normalized spacial score (nSPS) is 28.3. The molecule has 1 aromatic carbocycles. The summed E-state index contributed by atoms with van der Waals surface area (Å²) in [6, 6.07) is 6.12. The van der Waals surface area contributed by atoms with E-state index in [9.17, 15) is 14.0 Å². The molecule has 0 aromatic heterocycles. The van der Waals surface area contributed by atoms with E-state index in [1.807, 2.05) is 6.92 Å². The molecule has 4 rings (SSSR count). The number of halogens is 1. The lowest BCUT2D eigenvalue weighted by Gasteiger charge is -2.46. The van der Waals surface area contributed by atoms with Crippen molar-refractivity contribution in [3.8, 4) is 5.75 Å². The number of fused-ring (bicyclic) bond motifs is 1. The molecule has 0 radical (unpaired) electrons. The molecule has 7 nitrogen and oxygen atoms in total. The Bertz CT molecular complexity index is 1410. The van der Waals surface area contributed by atoms with Crippen LogP contribution in [0, 0.1) is 23.6 Å². The zero-order valence-electron chi connectivity index (χ0n) is 32.6. The second kappa shape index (κ2) is 15.8. The molecule has 10 heteroatoms. The Morgan fingerprint density at radius 2 is 1.62 bits per heavy atom. The molecule has 1 fully saturated rings. The van der Waals surface area contributed by atoms with Crippen molar-refractivity contribution in [3.63, 3.8) is 0 Å². The third-order valence-corrected chi connectivity index (χ3v) is 21.0. The summed E-state index contributed by atoms with van der Waals surface area (Å²) in [4.78, 5) is 26.6.